The van der Waals surface area contributed by atoms with Gasteiger partial charge in [0.15, 0.2) is 0 Å². The Bertz CT molecular complexity index is 1010. The minimum absolute atomic E-state index is 0.124. The van der Waals surface area contributed by atoms with Crippen molar-refractivity contribution in [2.75, 3.05) is 10.6 Å². The lowest BCUT2D eigenvalue weighted by atomic mass is 10.0. The van der Waals surface area contributed by atoms with Crippen LogP contribution < -0.4 is 10.6 Å². The zero-order chi connectivity index (χ0) is 18.1. The Morgan fingerprint density at radius 1 is 0.769 bits per heavy atom. The van der Waals surface area contributed by atoms with Crippen molar-refractivity contribution in [1.82, 2.24) is 0 Å². The van der Waals surface area contributed by atoms with E-state index in [1.54, 1.807) is 24.3 Å². The van der Waals surface area contributed by atoms with Crippen LogP contribution in [0.3, 0.4) is 0 Å². The summed E-state index contributed by atoms with van der Waals surface area (Å²) in [5, 5.41) is 5.60. The molecule has 4 nitrogen and oxygen atoms in total. The van der Waals surface area contributed by atoms with Gasteiger partial charge in [-0.05, 0) is 65.1 Å². The molecule has 0 bridgehead atoms. The summed E-state index contributed by atoms with van der Waals surface area (Å²) < 4.78 is 0. The SMILES string of the molecule is CC(=O)Nc1ccc(NC(=O)c2ccc3c(c2)Cc2ccccc2-3)cc1. The highest BCUT2D eigenvalue weighted by Gasteiger charge is 2.19. The maximum Gasteiger partial charge on any atom is 0.255 e. The molecule has 3 aromatic carbocycles. The van der Waals surface area contributed by atoms with E-state index in [4.69, 9.17) is 0 Å². The number of rotatable bonds is 3. The van der Waals surface area contributed by atoms with Crippen LogP contribution in [0, 0.1) is 0 Å². The Labute approximate surface area is 151 Å². The van der Waals surface area contributed by atoms with Gasteiger partial charge in [0.05, 0.1) is 0 Å². The van der Waals surface area contributed by atoms with E-state index < -0.39 is 0 Å². The van der Waals surface area contributed by atoms with E-state index in [1.165, 1.54) is 29.2 Å². The molecule has 0 fully saturated rings. The van der Waals surface area contributed by atoms with Crippen LogP contribution in [0.15, 0.2) is 66.7 Å². The van der Waals surface area contributed by atoms with Crippen molar-refractivity contribution >= 4 is 23.2 Å². The number of fused-ring (bicyclic) bond motifs is 3. The fourth-order valence-corrected chi connectivity index (χ4v) is 3.33. The van der Waals surface area contributed by atoms with Gasteiger partial charge in [-0.1, -0.05) is 30.3 Å². The van der Waals surface area contributed by atoms with E-state index in [-0.39, 0.29) is 11.8 Å². The molecule has 0 spiro atoms. The van der Waals surface area contributed by atoms with Gasteiger partial charge in [-0.15, -0.1) is 0 Å². The molecule has 1 aliphatic rings. The van der Waals surface area contributed by atoms with Crippen LogP contribution in [0.1, 0.15) is 28.4 Å². The van der Waals surface area contributed by atoms with Gasteiger partial charge < -0.3 is 10.6 Å². The summed E-state index contributed by atoms with van der Waals surface area (Å²) in [6, 6.07) is 21.3. The lowest BCUT2D eigenvalue weighted by Gasteiger charge is -2.08. The van der Waals surface area contributed by atoms with Gasteiger partial charge in [-0.25, -0.2) is 0 Å². The Kier molecular flexibility index (Phi) is 4.01. The number of carbonyl (C=O) groups is 2. The largest absolute Gasteiger partial charge is 0.326 e. The highest BCUT2D eigenvalue weighted by Crippen LogP contribution is 2.36. The molecule has 0 saturated heterocycles. The third-order valence-electron chi connectivity index (χ3n) is 4.52. The molecular formula is C22H18N2O2. The fraction of sp³-hybridized carbons (Fsp3) is 0.0909. The first-order valence-corrected chi connectivity index (χ1v) is 8.50. The molecule has 0 saturated carbocycles. The van der Waals surface area contributed by atoms with Crippen LogP contribution in [-0.4, -0.2) is 11.8 Å². The van der Waals surface area contributed by atoms with Gasteiger partial charge in [0, 0.05) is 23.9 Å². The predicted octanol–water partition coefficient (Wildman–Crippen LogP) is 4.47. The molecular weight excluding hydrogens is 324 g/mol. The minimum atomic E-state index is -0.143. The number of hydrogen-bond donors (Lipinski definition) is 2. The number of anilines is 2. The lowest BCUT2D eigenvalue weighted by molar-refractivity contribution is -0.114. The van der Waals surface area contributed by atoms with Crippen LogP contribution in [-0.2, 0) is 11.2 Å². The second kappa shape index (κ2) is 6.48. The normalized spacial score (nSPS) is 11.4. The number of amides is 2. The monoisotopic (exact) mass is 342 g/mol. The van der Waals surface area contributed by atoms with E-state index in [1.807, 2.05) is 30.3 Å². The molecule has 1 aliphatic carbocycles. The minimum Gasteiger partial charge on any atom is -0.326 e. The third kappa shape index (κ3) is 3.09. The van der Waals surface area contributed by atoms with Crippen molar-refractivity contribution < 1.29 is 9.59 Å². The standard InChI is InChI=1S/C22H18N2O2/c1-14(25)23-18-7-9-19(10-8-18)24-22(26)16-6-11-21-17(13-16)12-15-4-2-3-5-20(15)21/h2-11,13H,12H2,1H3,(H,23,25)(H,24,26). The number of benzene rings is 3. The second-order valence-corrected chi connectivity index (χ2v) is 6.42. The van der Waals surface area contributed by atoms with Gasteiger partial charge >= 0.3 is 0 Å². The number of carbonyl (C=O) groups excluding carboxylic acids is 2. The summed E-state index contributed by atoms with van der Waals surface area (Å²) in [7, 11) is 0. The van der Waals surface area contributed by atoms with Crippen LogP contribution in [0.2, 0.25) is 0 Å². The molecule has 4 heteroatoms. The zero-order valence-electron chi connectivity index (χ0n) is 14.4. The van der Waals surface area contributed by atoms with Crippen molar-refractivity contribution in [3.63, 3.8) is 0 Å². The molecule has 0 aliphatic heterocycles. The van der Waals surface area contributed by atoms with E-state index >= 15 is 0 Å². The van der Waals surface area contributed by atoms with Crippen LogP contribution in [0.4, 0.5) is 11.4 Å². The molecule has 3 aromatic rings. The van der Waals surface area contributed by atoms with Gasteiger partial charge in [0.2, 0.25) is 5.91 Å². The average Bonchev–Trinajstić information content (AvgIpc) is 3.00. The number of hydrogen-bond acceptors (Lipinski definition) is 2. The van der Waals surface area contributed by atoms with Crippen LogP contribution >= 0.6 is 0 Å². The van der Waals surface area contributed by atoms with E-state index in [0.717, 1.165) is 6.42 Å². The molecule has 2 amide bonds. The predicted molar refractivity (Wildman–Crippen MR) is 103 cm³/mol. The molecule has 26 heavy (non-hydrogen) atoms. The van der Waals surface area contributed by atoms with E-state index in [9.17, 15) is 9.59 Å². The molecule has 128 valence electrons. The first-order chi connectivity index (χ1) is 12.6. The Hall–Kier alpha value is -3.40. The fourth-order valence-electron chi connectivity index (χ4n) is 3.33. The first-order valence-electron chi connectivity index (χ1n) is 8.50. The second-order valence-electron chi connectivity index (χ2n) is 6.42. The third-order valence-corrected chi connectivity index (χ3v) is 4.52. The van der Waals surface area contributed by atoms with Crippen LogP contribution in [0.5, 0.6) is 0 Å². The van der Waals surface area contributed by atoms with Gasteiger partial charge in [-0.3, -0.25) is 9.59 Å². The number of nitrogens with one attached hydrogen (secondary N) is 2. The summed E-state index contributed by atoms with van der Waals surface area (Å²) in [6.07, 6.45) is 0.859. The molecule has 0 radical (unpaired) electrons. The first kappa shape index (κ1) is 16.1. The quantitative estimate of drug-likeness (QED) is 0.577. The molecule has 4 rings (SSSR count). The van der Waals surface area contributed by atoms with Gasteiger partial charge in [-0.2, -0.15) is 0 Å². The Morgan fingerprint density at radius 3 is 2.15 bits per heavy atom. The van der Waals surface area contributed by atoms with E-state index in [2.05, 4.69) is 22.8 Å². The topological polar surface area (TPSA) is 58.2 Å². The summed E-state index contributed by atoms with van der Waals surface area (Å²) in [6.45, 7) is 1.46. The van der Waals surface area contributed by atoms with Crippen molar-refractivity contribution in [2.24, 2.45) is 0 Å². The summed E-state index contributed by atoms with van der Waals surface area (Å²) in [4.78, 5) is 23.6. The molecule has 2 N–H and O–H groups in total. The lowest BCUT2D eigenvalue weighted by Crippen LogP contribution is -2.12. The van der Waals surface area contributed by atoms with Gasteiger partial charge in [0.25, 0.3) is 5.91 Å². The van der Waals surface area contributed by atoms with E-state index in [0.29, 0.717) is 16.9 Å². The Morgan fingerprint density at radius 2 is 1.42 bits per heavy atom. The highest BCUT2D eigenvalue weighted by molar-refractivity contribution is 6.05. The van der Waals surface area contributed by atoms with Crippen molar-refractivity contribution in [3.05, 3.63) is 83.4 Å². The zero-order valence-corrected chi connectivity index (χ0v) is 14.4. The highest BCUT2D eigenvalue weighted by atomic mass is 16.2. The smallest absolute Gasteiger partial charge is 0.255 e. The maximum atomic E-state index is 12.6. The summed E-state index contributed by atoms with van der Waals surface area (Å²) in [5.74, 6) is -0.267. The van der Waals surface area contributed by atoms with Crippen molar-refractivity contribution in [2.45, 2.75) is 13.3 Å². The van der Waals surface area contributed by atoms with Crippen molar-refractivity contribution in [1.29, 1.82) is 0 Å². The summed E-state index contributed by atoms with van der Waals surface area (Å²) >= 11 is 0. The molecule has 0 atom stereocenters. The van der Waals surface area contributed by atoms with Gasteiger partial charge in [0.1, 0.15) is 0 Å². The molecule has 0 aromatic heterocycles. The average molecular weight is 342 g/mol. The molecule has 0 unspecified atom stereocenters. The Balaban J connectivity index is 1.51. The summed E-state index contributed by atoms with van der Waals surface area (Å²) in [5.41, 5.74) is 6.97. The van der Waals surface area contributed by atoms with Crippen LogP contribution in [0.25, 0.3) is 11.1 Å². The van der Waals surface area contributed by atoms with Crippen molar-refractivity contribution in [3.8, 4) is 11.1 Å². The molecule has 0 heterocycles. The maximum absolute atomic E-state index is 12.6.